The van der Waals surface area contributed by atoms with Gasteiger partial charge in [0, 0.05) is 24.5 Å². The van der Waals surface area contributed by atoms with Gasteiger partial charge in [0.25, 0.3) is 0 Å². The number of halogens is 1. The minimum absolute atomic E-state index is 0.217. The molecule has 2 rings (SSSR count). The molecule has 7 heteroatoms. The van der Waals surface area contributed by atoms with Crippen molar-refractivity contribution in [3.05, 3.63) is 28.8 Å². The van der Waals surface area contributed by atoms with Gasteiger partial charge in [0.15, 0.2) is 0 Å². The van der Waals surface area contributed by atoms with Crippen molar-refractivity contribution in [2.75, 3.05) is 24.5 Å². The third-order valence-corrected chi connectivity index (χ3v) is 5.36. The summed E-state index contributed by atoms with van der Waals surface area (Å²) in [6.07, 6.45) is 1.01. The number of hydrogen-bond acceptors (Lipinski definition) is 4. The molecule has 0 aliphatic carbocycles. The van der Waals surface area contributed by atoms with E-state index in [4.69, 9.17) is 22.1 Å². The Morgan fingerprint density at radius 3 is 2.76 bits per heavy atom. The van der Waals surface area contributed by atoms with Crippen LogP contribution in [0.4, 0.5) is 5.69 Å². The predicted molar refractivity (Wildman–Crippen MR) is 83.8 cm³/mol. The fraction of sp³-hybridized carbons (Fsp3) is 0.429. The molecule has 1 aliphatic rings. The molecule has 1 fully saturated rings. The normalized spacial score (nSPS) is 16.1. The van der Waals surface area contributed by atoms with Gasteiger partial charge in [-0.25, -0.2) is 8.42 Å². The van der Waals surface area contributed by atoms with Crippen molar-refractivity contribution in [3.63, 3.8) is 0 Å². The highest BCUT2D eigenvalue weighted by molar-refractivity contribution is 7.93. The quantitative estimate of drug-likeness (QED) is 0.825. The third-order valence-electron chi connectivity index (χ3n) is 3.16. The summed E-state index contributed by atoms with van der Waals surface area (Å²) < 4.78 is 32.4. The first kappa shape index (κ1) is 16.1. The second-order valence-electron chi connectivity index (χ2n) is 4.66. The minimum Gasteiger partial charge on any atom is -0.381 e. The molecule has 0 radical (unpaired) electrons. The molecule has 1 aliphatic heterocycles. The van der Waals surface area contributed by atoms with Gasteiger partial charge in [-0.3, -0.25) is 4.72 Å². The number of rotatable bonds is 3. The van der Waals surface area contributed by atoms with Crippen LogP contribution in [0.2, 0.25) is 5.02 Å². The standard InChI is InChI=1S/C14H17ClN2O3S/c15-14-4-3-12(10-11(14)2-1-7-16)17-21(18,19)13-5-8-20-9-6-13/h3-4,10,13,17H,5-9,16H2. The van der Waals surface area contributed by atoms with Gasteiger partial charge in [0.05, 0.1) is 16.8 Å². The van der Waals surface area contributed by atoms with Gasteiger partial charge in [0.1, 0.15) is 0 Å². The molecule has 0 amide bonds. The van der Waals surface area contributed by atoms with E-state index in [2.05, 4.69) is 16.6 Å². The molecule has 1 aromatic rings. The van der Waals surface area contributed by atoms with Gasteiger partial charge in [-0.15, -0.1) is 0 Å². The van der Waals surface area contributed by atoms with Crippen LogP contribution < -0.4 is 10.5 Å². The minimum atomic E-state index is -3.43. The number of benzene rings is 1. The first-order chi connectivity index (χ1) is 10.0. The molecule has 5 nitrogen and oxygen atoms in total. The summed E-state index contributed by atoms with van der Waals surface area (Å²) in [5.41, 5.74) is 6.33. The molecule has 1 aromatic carbocycles. The Balaban J connectivity index is 2.18. The SMILES string of the molecule is NCC#Cc1cc(NS(=O)(=O)C2CCOCC2)ccc1Cl. The van der Waals surface area contributed by atoms with Crippen molar-refractivity contribution in [1.82, 2.24) is 0 Å². The van der Waals surface area contributed by atoms with Gasteiger partial charge in [-0.1, -0.05) is 23.4 Å². The molecule has 0 unspecified atom stereocenters. The van der Waals surface area contributed by atoms with Crippen molar-refractivity contribution >= 4 is 27.3 Å². The zero-order valence-corrected chi connectivity index (χ0v) is 13.0. The Hall–Kier alpha value is -1.26. The van der Waals surface area contributed by atoms with E-state index in [9.17, 15) is 8.42 Å². The van der Waals surface area contributed by atoms with Crippen LogP contribution in [0.1, 0.15) is 18.4 Å². The van der Waals surface area contributed by atoms with Crippen LogP contribution in [0.15, 0.2) is 18.2 Å². The van der Waals surface area contributed by atoms with Gasteiger partial charge in [-0.05, 0) is 31.0 Å². The number of anilines is 1. The Bertz CT molecular complexity index is 659. The second-order valence-corrected chi connectivity index (χ2v) is 7.03. The molecule has 0 atom stereocenters. The summed E-state index contributed by atoms with van der Waals surface area (Å²) in [7, 11) is -3.43. The largest absolute Gasteiger partial charge is 0.381 e. The van der Waals surface area contributed by atoms with Gasteiger partial charge < -0.3 is 10.5 Å². The Kier molecular flexibility index (Phi) is 5.48. The highest BCUT2D eigenvalue weighted by Gasteiger charge is 2.27. The molecule has 0 aromatic heterocycles. The average molecular weight is 329 g/mol. The smallest absolute Gasteiger partial charge is 0.235 e. The number of nitrogens with two attached hydrogens (primary N) is 1. The van der Waals surface area contributed by atoms with Crippen LogP contribution in [0.25, 0.3) is 0 Å². The van der Waals surface area contributed by atoms with Crippen molar-refractivity contribution in [3.8, 4) is 11.8 Å². The number of nitrogens with one attached hydrogen (secondary N) is 1. The first-order valence-corrected chi connectivity index (χ1v) is 8.53. The summed E-state index contributed by atoms with van der Waals surface area (Å²) in [5.74, 6) is 5.51. The number of sulfonamides is 1. The van der Waals surface area contributed by atoms with E-state index in [1.54, 1.807) is 18.2 Å². The van der Waals surface area contributed by atoms with Gasteiger partial charge >= 0.3 is 0 Å². The summed E-state index contributed by atoms with van der Waals surface area (Å²) in [5, 5.41) is 0.0328. The molecule has 0 saturated carbocycles. The van der Waals surface area contributed by atoms with Crippen molar-refractivity contribution in [1.29, 1.82) is 0 Å². The Morgan fingerprint density at radius 1 is 1.38 bits per heavy atom. The lowest BCUT2D eigenvalue weighted by Gasteiger charge is -2.22. The Labute approximate surface area is 129 Å². The van der Waals surface area contributed by atoms with E-state index in [1.807, 2.05) is 0 Å². The van der Waals surface area contributed by atoms with Gasteiger partial charge in [0.2, 0.25) is 10.0 Å². The van der Waals surface area contributed by atoms with Crippen molar-refractivity contribution in [2.24, 2.45) is 5.73 Å². The lowest BCUT2D eigenvalue weighted by molar-refractivity contribution is 0.0984. The average Bonchev–Trinajstić information content (AvgIpc) is 2.48. The van der Waals surface area contributed by atoms with Crippen LogP contribution in [-0.2, 0) is 14.8 Å². The summed E-state index contributed by atoms with van der Waals surface area (Å²) >= 11 is 6.01. The molecular weight excluding hydrogens is 312 g/mol. The maximum absolute atomic E-state index is 12.3. The Morgan fingerprint density at radius 2 is 2.10 bits per heavy atom. The van der Waals surface area contributed by atoms with Crippen molar-refractivity contribution in [2.45, 2.75) is 18.1 Å². The monoisotopic (exact) mass is 328 g/mol. The van der Waals surface area contributed by atoms with E-state index < -0.39 is 15.3 Å². The number of ether oxygens (including phenoxy) is 1. The molecule has 1 saturated heterocycles. The summed E-state index contributed by atoms with van der Waals surface area (Å²) in [4.78, 5) is 0. The molecule has 0 bridgehead atoms. The van der Waals surface area contributed by atoms with Gasteiger partial charge in [-0.2, -0.15) is 0 Å². The molecule has 21 heavy (non-hydrogen) atoms. The van der Waals surface area contributed by atoms with E-state index in [1.165, 1.54) is 0 Å². The zero-order valence-electron chi connectivity index (χ0n) is 11.4. The summed E-state index contributed by atoms with van der Waals surface area (Å²) in [6.45, 7) is 1.16. The van der Waals surface area contributed by atoms with Crippen LogP contribution in [0.3, 0.4) is 0 Å². The van der Waals surface area contributed by atoms with E-state index in [0.29, 0.717) is 42.3 Å². The first-order valence-electron chi connectivity index (χ1n) is 6.61. The maximum Gasteiger partial charge on any atom is 0.235 e. The van der Waals surface area contributed by atoms with E-state index in [-0.39, 0.29) is 6.54 Å². The summed E-state index contributed by atoms with van der Waals surface area (Å²) in [6, 6.07) is 4.85. The lowest BCUT2D eigenvalue weighted by atomic mass is 10.2. The predicted octanol–water partition coefficient (Wildman–Crippen LogP) is 1.57. The van der Waals surface area contributed by atoms with Crippen LogP contribution >= 0.6 is 11.6 Å². The van der Waals surface area contributed by atoms with E-state index in [0.717, 1.165) is 0 Å². The highest BCUT2D eigenvalue weighted by Crippen LogP contribution is 2.23. The molecule has 1 heterocycles. The second kappa shape index (κ2) is 7.14. The van der Waals surface area contributed by atoms with Crippen LogP contribution in [-0.4, -0.2) is 33.4 Å². The fourth-order valence-corrected chi connectivity index (χ4v) is 3.66. The van der Waals surface area contributed by atoms with Crippen LogP contribution in [0.5, 0.6) is 0 Å². The van der Waals surface area contributed by atoms with E-state index >= 15 is 0 Å². The van der Waals surface area contributed by atoms with Crippen molar-refractivity contribution < 1.29 is 13.2 Å². The highest BCUT2D eigenvalue weighted by atomic mass is 35.5. The molecule has 114 valence electrons. The molecular formula is C14H17ClN2O3S. The molecule has 3 N–H and O–H groups in total. The maximum atomic E-state index is 12.3. The fourth-order valence-electron chi connectivity index (χ4n) is 2.06. The number of hydrogen-bond donors (Lipinski definition) is 2. The topological polar surface area (TPSA) is 81.4 Å². The lowest BCUT2D eigenvalue weighted by Crippen LogP contribution is -2.33. The zero-order chi connectivity index (χ0) is 15.3. The molecule has 0 spiro atoms. The third kappa shape index (κ3) is 4.35. The van der Waals surface area contributed by atoms with Crippen LogP contribution in [0, 0.1) is 11.8 Å².